The first-order valence-corrected chi connectivity index (χ1v) is 25.4. The molecule has 8 rings (SSSR count). The van der Waals surface area contributed by atoms with E-state index in [1.165, 1.54) is 29.9 Å². The van der Waals surface area contributed by atoms with Crippen LogP contribution < -0.4 is 25.0 Å². The molecule has 2 aromatic heterocycles. The largest absolute Gasteiger partial charge is 0.469 e. The number of ether oxygens (including phenoxy) is 2. The molecule has 6 aromatic rings. The van der Waals surface area contributed by atoms with Crippen LogP contribution in [-0.4, -0.2) is 85.2 Å². The van der Waals surface area contributed by atoms with Gasteiger partial charge in [0.1, 0.15) is 17.1 Å². The van der Waals surface area contributed by atoms with Crippen molar-refractivity contribution in [3.63, 3.8) is 0 Å². The van der Waals surface area contributed by atoms with E-state index in [1.54, 1.807) is 30.6 Å². The number of methoxy groups -OCH3 is 1. The molecule has 11 nitrogen and oxygen atoms in total. The van der Waals surface area contributed by atoms with Crippen molar-refractivity contribution in [1.29, 1.82) is 0 Å². The average Bonchev–Trinajstić information content (AvgIpc) is 3.82. The monoisotopic (exact) mass is 1010 g/mol. The minimum atomic E-state index is -4.54. The van der Waals surface area contributed by atoms with Crippen molar-refractivity contribution in [3.05, 3.63) is 137 Å². The molecule has 0 radical (unpaired) electrons. The van der Waals surface area contributed by atoms with Gasteiger partial charge in [0.15, 0.2) is 0 Å². The van der Waals surface area contributed by atoms with E-state index in [1.807, 2.05) is 60.7 Å². The fourth-order valence-electron chi connectivity index (χ4n) is 8.79. The van der Waals surface area contributed by atoms with Crippen LogP contribution in [0, 0.1) is 5.41 Å². The van der Waals surface area contributed by atoms with Gasteiger partial charge in [-0.15, -0.1) is 0 Å². The molecule has 368 valence electrons. The van der Waals surface area contributed by atoms with Crippen molar-refractivity contribution in [1.82, 2.24) is 19.6 Å². The molecule has 4 aromatic carbocycles. The Morgan fingerprint density at radius 1 is 0.914 bits per heavy atom. The quantitative estimate of drug-likeness (QED) is 0.0268. The van der Waals surface area contributed by atoms with Crippen molar-refractivity contribution in [2.45, 2.75) is 67.7 Å². The number of H-pyrrole nitrogens is 1. The Bertz CT molecular complexity index is 2800. The highest BCUT2D eigenvalue weighted by molar-refractivity contribution is 8.00. The summed E-state index contributed by atoms with van der Waals surface area (Å²) in [4.78, 5) is 38.2. The van der Waals surface area contributed by atoms with Gasteiger partial charge >= 0.3 is 11.5 Å². The van der Waals surface area contributed by atoms with Crippen LogP contribution in [0.1, 0.15) is 67.4 Å². The van der Waals surface area contributed by atoms with E-state index in [9.17, 15) is 22.8 Å². The predicted molar refractivity (Wildman–Crippen MR) is 277 cm³/mol. The lowest BCUT2D eigenvalue weighted by Gasteiger charge is -2.39. The van der Waals surface area contributed by atoms with Crippen molar-refractivity contribution in [3.8, 4) is 11.5 Å². The maximum atomic E-state index is 14.0. The molecular weight excluding hydrogens is 955 g/mol. The highest BCUT2D eigenvalue weighted by Gasteiger charge is 2.32. The zero-order valence-corrected chi connectivity index (χ0v) is 41.8. The minimum Gasteiger partial charge on any atom is -0.469 e. The smallest absolute Gasteiger partial charge is 0.446 e. The van der Waals surface area contributed by atoms with E-state index in [0.29, 0.717) is 53.7 Å². The number of benzene rings is 4. The molecule has 0 bridgehead atoms. The molecule has 2 aliphatic rings. The van der Waals surface area contributed by atoms with Crippen molar-refractivity contribution < 1.29 is 32.2 Å². The number of carbonyl (C=O) groups excluding carboxylic acids is 2. The molecule has 0 atom stereocenters. The van der Waals surface area contributed by atoms with Gasteiger partial charge in [-0.1, -0.05) is 55.3 Å². The van der Waals surface area contributed by atoms with Crippen LogP contribution in [-0.2, 0) is 16.0 Å². The summed E-state index contributed by atoms with van der Waals surface area (Å²) in [6.07, 6.45) is 8.41. The van der Waals surface area contributed by atoms with Gasteiger partial charge in [-0.25, -0.2) is 4.98 Å². The van der Waals surface area contributed by atoms with Crippen LogP contribution in [0.3, 0.4) is 0 Å². The molecular formula is C53H57ClF3N7O4S2. The maximum Gasteiger partial charge on any atom is 0.446 e. The van der Waals surface area contributed by atoms with Gasteiger partial charge in [0.2, 0.25) is 0 Å². The van der Waals surface area contributed by atoms with Gasteiger partial charge in [-0.05, 0) is 145 Å². The maximum absolute atomic E-state index is 14.0. The molecule has 3 heterocycles. The lowest BCUT2D eigenvalue weighted by Crippen LogP contribution is -2.47. The van der Waals surface area contributed by atoms with Gasteiger partial charge in [-0.2, -0.15) is 13.2 Å². The summed E-state index contributed by atoms with van der Waals surface area (Å²) in [7, 11) is 1.37. The third kappa shape index (κ3) is 14.0. The minimum absolute atomic E-state index is 0.0226. The number of rotatable bonds is 19. The molecule has 1 aliphatic heterocycles. The van der Waals surface area contributed by atoms with E-state index in [2.05, 4.69) is 61.1 Å². The van der Waals surface area contributed by atoms with Crippen LogP contribution in [0.25, 0.3) is 16.6 Å². The fourth-order valence-corrected chi connectivity index (χ4v) is 10.3. The number of hydrogen-bond acceptors (Lipinski definition) is 11. The van der Waals surface area contributed by atoms with E-state index in [0.717, 1.165) is 97.7 Å². The number of fused-ring (bicyclic) bond motifs is 1. The number of nitrogens with zero attached hydrogens (tertiary/aromatic N) is 3. The molecule has 4 N–H and O–H groups in total. The summed E-state index contributed by atoms with van der Waals surface area (Å²) < 4.78 is 55.5. The molecule has 17 heteroatoms. The Morgan fingerprint density at radius 3 is 2.44 bits per heavy atom. The Hall–Kier alpha value is -5.81. The highest BCUT2D eigenvalue weighted by Crippen LogP contribution is 2.44. The number of pyridine rings is 1. The fraction of sp³-hybridized carbons (Fsp3) is 0.340. The van der Waals surface area contributed by atoms with Crippen LogP contribution in [0.2, 0.25) is 5.02 Å². The van der Waals surface area contributed by atoms with Gasteiger partial charge in [0.05, 0.1) is 18.9 Å². The van der Waals surface area contributed by atoms with Gasteiger partial charge in [-0.3, -0.25) is 19.2 Å². The molecule has 1 aliphatic carbocycles. The van der Waals surface area contributed by atoms with E-state index in [-0.39, 0.29) is 33.6 Å². The number of nitrogens with one attached hydrogen (secondary N) is 4. The number of carbonyl (C=O) groups is 2. The van der Waals surface area contributed by atoms with Crippen LogP contribution in [0.15, 0.2) is 125 Å². The predicted octanol–water partition coefficient (Wildman–Crippen LogP) is 12.9. The number of alkyl halides is 3. The summed E-state index contributed by atoms with van der Waals surface area (Å²) in [5.41, 5.74) is 4.00. The topological polar surface area (TPSA) is 124 Å². The van der Waals surface area contributed by atoms with E-state index in [4.69, 9.17) is 21.1 Å². The average molecular weight is 1010 g/mol. The normalized spacial score (nSPS) is 15.2. The third-order valence-electron chi connectivity index (χ3n) is 12.6. The first-order chi connectivity index (χ1) is 33.7. The summed E-state index contributed by atoms with van der Waals surface area (Å²) >= 11 is 6.97. The van der Waals surface area contributed by atoms with Crippen LogP contribution in [0.4, 0.5) is 30.2 Å². The van der Waals surface area contributed by atoms with Crippen molar-refractivity contribution in [2.75, 3.05) is 68.5 Å². The summed E-state index contributed by atoms with van der Waals surface area (Å²) in [5, 5.41) is 7.99. The Kier molecular flexibility index (Phi) is 16.6. The van der Waals surface area contributed by atoms with Crippen LogP contribution in [0.5, 0.6) is 11.5 Å². The summed E-state index contributed by atoms with van der Waals surface area (Å²) in [6.45, 7) is 9.68. The van der Waals surface area contributed by atoms with Crippen molar-refractivity contribution in [2.24, 2.45) is 5.41 Å². The molecule has 1 saturated heterocycles. The molecule has 0 saturated carbocycles. The number of aromatic nitrogens is 2. The van der Waals surface area contributed by atoms with E-state index >= 15 is 0 Å². The summed E-state index contributed by atoms with van der Waals surface area (Å²) in [6, 6.07) is 30.0. The van der Waals surface area contributed by atoms with Gasteiger partial charge in [0.25, 0.3) is 5.91 Å². The number of allylic oxidation sites excluding steroid dienone is 1. The second-order valence-corrected chi connectivity index (χ2v) is 20.7. The zero-order chi connectivity index (χ0) is 49.3. The number of halogens is 4. The molecule has 0 spiro atoms. The lowest BCUT2D eigenvalue weighted by molar-refractivity contribution is -0.140. The zero-order valence-electron chi connectivity index (χ0n) is 39.4. The second-order valence-electron chi connectivity index (χ2n) is 18.3. The molecule has 1 amide bonds. The standard InChI is InChI=1S/C53H57ClF3N7O4S2/c1-52(2)21-19-38(45(32-52)36-9-11-39(54)12-10-36)34-63-25-27-64(28-26-63)41-15-17-44(47(30-41)68-42-29-37-20-22-60-50(37)61-33-42)51(66)62-70-43-16-18-46(48(31-43)69-53(55,56)57)59-24-23-58-40-13-7-35(8-14-40)5-4-6-49(65)67-3/h7-18,20,22,29-31,33,58-59H,4-6,19,21,23-28,32,34H2,1-3H3,(H,60,61)(H,62,66). The number of hydrogen-bond donors (Lipinski definition) is 4. The second kappa shape index (κ2) is 23.0. The molecule has 70 heavy (non-hydrogen) atoms. The third-order valence-corrected chi connectivity index (χ3v) is 14.4. The molecule has 0 unspecified atom stereocenters. The number of amides is 1. The number of anilines is 3. The van der Waals surface area contributed by atoms with Gasteiger partial charge in [0, 0.05) is 102 Å². The Labute approximate surface area is 420 Å². The first-order valence-electron chi connectivity index (χ1n) is 23.4. The highest BCUT2D eigenvalue weighted by atomic mass is 35.5. The number of thioether (sulfide) groups is 1. The number of aromatic amines is 1. The number of piperazine rings is 1. The number of aryl methyl sites for hydroxylation is 1. The van der Waals surface area contributed by atoms with Crippen molar-refractivity contribution >= 4 is 80.9 Å². The number of esters is 1. The Balaban J connectivity index is 0.917. The van der Waals surface area contributed by atoms with E-state index < -0.39 is 11.4 Å². The lowest BCUT2D eigenvalue weighted by atomic mass is 9.72. The first kappa shape index (κ1) is 50.6. The van der Waals surface area contributed by atoms with Gasteiger partial charge < -0.3 is 30.0 Å². The summed E-state index contributed by atoms with van der Waals surface area (Å²) in [5.74, 6) is 0.0649. The molecule has 1 fully saturated rings. The Morgan fingerprint density at radius 2 is 1.69 bits per heavy atom. The van der Waals surface area contributed by atoms with Crippen LogP contribution >= 0.6 is 35.3 Å². The SMILES string of the molecule is COC(=O)CCCc1ccc(NCCNc2ccc(SNC(=O)c3ccc(N4CCN(CC5=C(c6ccc(Cl)cc6)CC(C)(C)CC5)CC4)cc3Oc3cnc4[nH]ccc4c3)cc2SC(F)(F)F)cc1.